The molecule has 122 valence electrons. The van der Waals surface area contributed by atoms with Crippen LogP contribution >= 0.6 is 0 Å². The molecule has 2 rings (SSSR count). The van der Waals surface area contributed by atoms with Gasteiger partial charge in [-0.2, -0.15) is 8.42 Å². The number of rotatable bonds is 6. The molecule has 1 aliphatic carbocycles. The zero-order chi connectivity index (χ0) is 16.0. The van der Waals surface area contributed by atoms with Crippen molar-refractivity contribution in [3.05, 3.63) is 35.9 Å². The van der Waals surface area contributed by atoms with E-state index in [0.717, 1.165) is 0 Å². The predicted molar refractivity (Wildman–Crippen MR) is 82.5 cm³/mol. The molecule has 0 atom stereocenters. The minimum atomic E-state index is -3.60. The van der Waals surface area contributed by atoms with Crippen molar-refractivity contribution in [3.63, 3.8) is 0 Å². The van der Waals surface area contributed by atoms with Crippen LogP contribution in [0.15, 0.2) is 30.3 Å². The number of carbonyl (C=O) groups is 1. The van der Waals surface area contributed by atoms with Gasteiger partial charge in [0.1, 0.15) is 5.75 Å². The summed E-state index contributed by atoms with van der Waals surface area (Å²) in [5, 5.41) is 0. The summed E-state index contributed by atoms with van der Waals surface area (Å²) in [6, 6.07) is 8.97. The second-order valence-electron chi connectivity index (χ2n) is 5.51. The Morgan fingerprint density at radius 3 is 2.36 bits per heavy atom. The maximum absolute atomic E-state index is 12.1. The van der Waals surface area contributed by atoms with Gasteiger partial charge >= 0.3 is 5.97 Å². The van der Waals surface area contributed by atoms with Crippen LogP contribution in [0, 0.1) is 5.92 Å². The summed E-state index contributed by atoms with van der Waals surface area (Å²) in [6.45, 7) is 2.16. The zero-order valence-corrected chi connectivity index (χ0v) is 13.6. The fraction of sp³-hybridized carbons (Fsp3) is 0.562. The number of esters is 1. The Hall–Kier alpha value is -1.40. The maximum atomic E-state index is 12.1. The quantitative estimate of drug-likeness (QED) is 0.594. The summed E-state index contributed by atoms with van der Waals surface area (Å²) >= 11 is 0. The second-order valence-corrected chi connectivity index (χ2v) is 7.11. The van der Waals surface area contributed by atoms with E-state index >= 15 is 0 Å². The minimum Gasteiger partial charge on any atom is -0.466 e. The van der Waals surface area contributed by atoms with Crippen LogP contribution in [0.2, 0.25) is 0 Å². The first-order valence-corrected chi connectivity index (χ1v) is 9.19. The van der Waals surface area contributed by atoms with Gasteiger partial charge in [-0.15, -0.1) is 0 Å². The van der Waals surface area contributed by atoms with Gasteiger partial charge in [-0.05, 0) is 38.2 Å². The van der Waals surface area contributed by atoms with E-state index in [1.54, 1.807) is 31.2 Å². The summed E-state index contributed by atoms with van der Waals surface area (Å²) in [7, 11) is -3.60. The van der Waals surface area contributed by atoms with Gasteiger partial charge in [0.05, 0.1) is 18.6 Å². The van der Waals surface area contributed by atoms with Crippen LogP contribution in [0.25, 0.3) is 0 Å². The van der Waals surface area contributed by atoms with Crippen molar-refractivity contribution in [2.75, 3.05) is 6.61 Å². The standard InChI is InChI=1S/C16H22O5S/c1-2-20-16(17)14-8-10-15(11-9-14)21-22(18,19)12-13-6-4-3-5-7-13/h3-7,14-15H,2,8-12H2,1H3. The molecular weight excluding hydrogens is 304 g/mol. The van der Waals surface area contributed by atoms with Crippen molar-refractivity contribution >= 4 is 16.1 Å². The summed E-state index contributed by atoms with van der Waals surface area (Å²) in [5.74, 6) is -0.434. The highest BCUT2D eigenvalue weighted by Crippen LogP contribution is 2.28. The molecule has 22 heavy (non-hydrogen) atoms. The number of benzene rings is 1. The summed E-state index contributed by atoms with van der Waals surface area (Å²) in [6.07, 6.45) is 2.03. The fourth-order valence-electron chi connectivity index (χ4n) is 2.67. The van der Waals surface area contributed by atoms with Crippen LogP contribution in [-0.4, -0.2) is 27.1 Å². The minimum absolute atomic E-state index is 0.119. The molecule has 0 aromatic heterocycles. The van der Waals surface area contributed by atoms with Crippen LogP contribution in [-0.2, 0) is 29.6 Å². The normalized spacial score (nSPS) is 22.2. The third-order valence-corrected chi connectivity index (χ3v) is 5.02. The Kier molecular flexibility index (Phi) is 5.97. The largest absolute Gasteiger partial charge is 0.466 e. The van der Waals surface area contributed by atoms with Crippen molar-refractivity contribution in [2.24, 2.45) is 5.92 Å². The first-order chi connectivity index (χ1) is 10.5. The van der Waals surface area contributed by atoms with E-state index in [1.165, 1.54) is 0 Å². The Labute approximate surface area is 131 Å². The van der Waals surface area contributed by atoms with E-state index in [2.05, 4.69) is 0 Å². The lowest BCUT2D eigenvalue weighted by atomic mass is 9.87. The molecule has 1 saturated carbocycles. The molecule has 0 bridgehead atoms. The van der Waals surface area contributed by atoms with Crippen LogP contribution < -0.4 is 0 Å². The highest BCUT2D eigenvalue weighted by atomic mass is 32.2. The topological polar surface area (TPSA) is 69.7 Å². The van der Waals surface area contributed by atoms with Crippen LogP contribution in [0.1, 0.15) is 38.2 Å². The molecule has 5 nitrogen and oxygen atoms in total. The average molecular weight is 326 g/mol. The molecule has 1 aromatic rings. The Morgan fingerprint density at radius 2 is 1.77 bits per heavy atom. The van der Waals surface area contributed by atoms with E-state index < -0.39 is 10.1 Å². The molecule has 0 amide bonds. The van der Waals surface area contributed by atoms with Crippen molar-refractivity contribution < 1.29 is 22.1 Å². The monoisotopic (exact) mass is 326 g/mol. The third kappa shape index (κ3) is 5.10. The molecule has 0 saturated heterocycles. The van der Waals surface area contributed by atoms with Crippen LogP contribution in [0.5, 0.6) is 0 Å². The molecule has 0 unspecified atom stereocenters. The number of hydrogen-bond donors (Lipinski definition) is 0. The third-order valence-electron chi connectivity index (χ3n) is 3.76. The van der Waals surface area contributed by atoms with Crippen molar-refractivity contribution in [2.45, 2.75) is 44.5 Å². The van der Waals surface area contributed by atoms with Gasteiger partial charge in [0.15, 0.2) is 0 Å². The number of carbonyl (C=O) groups excluding carboxylic acids is 1. The van der Waals surface area contributed by atoms with E-state index in [-0.39, 0.29) is 23.7 Å². The molecule has 1 aromatic carbocycles. The highest BCUT2D eigenvalue weighted by molar-refractivity contribution is 7.85. The van der Waals surface area contributed by atoms with Gasteiger partial charge in [0.2, 0.25) is 0 Å². The van der Waals surface area contributed by atoms with E-state index in [4.69, 9.17) is 8.92 Å². The van der Waals surface area contributed by atoms with E-state index in [0.29, 0.717) is 37.9 Å². The molecule has 6 heteroatoms. The van der Waals surface area contributed by atoms with Crippen LogP contribution in [0.4, 0.5) is 0 Å². The van der Waals surface area contributed by atoms with Crippen molar-refractivity contribution in [1.82, 2.24) is 0 Å². The summed E-state index contributed by atoms with van der Waals surface area (Å²) < 4.78 is 34.4. The predicted octanol–water partition coefficient (Wildman–Crippen LogP) is 2.65. The SMILES string of the molecule is CCOC(=O)C1CCC(OS(=O)(=O)Cc2ccccc2)CC1. The maximum Gasteiger partial charge on any atom is 0.308 e. The smallest absolute Gasteiger partial charge is 0.308 e. The van der Waals surface area contributed by atoms with Crippen LogP contribution in [0.3, 0.4) is 0 Å². The van der Waals surface area contributed by atoms with Gasteiger partial charge in [0.25, 0.3) is 10.1 Å². The Balaban J connectivity index is 1.83. The lowest BCUT2D eigenvalue weighted by Gasteiger charge is -2.26. The molecule has 0 radical (unpaired) electrons. The molecule has 1 aliphatic rings. The lowest BCUT2D eigenvalue weighted by Crippen LogP contribution is -2.29. The fourth-order valence-corrected chi connectivity index (χ4v) is 3.95. The summed E-state index contributed by atoms with van der Waals surface area (Å²) in [4.78, 5) is 11.6. The first-order valence-electron chi connectivity index (χ1n) is 7.61. The van der Waals surface area contributed by atoms with Gasteiger partial charge in [-0.3, -0.25) is 8.98 Å². The van der Waals surface area contributed by atoms with E-state index in [9.17, 15) is 13.2 Å². The van der Waals surface area contributed by atoms with Gasteiger partial charge in [-0.1, -0.05) is 30.3 Å². The molecule has 0 heterocycles. The lowest BCUT2D eigenvalue weighted by molar-refractivity contribution is -0.149. The zero-order valence-electron chi connectivity index (χ0n) is 12.7. The van der Waals surface area contributed by atoms with Crippen molar-refractivity contribution in [1.29, 1.82) is 0 Å². The number of ether oxygens (including phenoxy) is 1. The molecule has 1 fully saturated rings. The Bertz CT molecular complexity index is 574. The van der Waals surface area contributed by atoms with Gasteiger partial charge in [-0.25, -0.2) is 0 Å². The van der Waals surface area contributed by atoms with E-state index in [1.807, 2.05) is 6.07 Å². The van der Waals surface area contributed by atoms with Crippen molar-refractivity contribution in [3.8, 4) is 0 Å². The highest BCUT2D eigenvalue weighted by Gasteiger charge is 2.30. The van der Waals surface area contributed by atoms with Gasteiger partial charge in [0, 0.05) is 0 Å². The molecule has 0 N–H and O–H groups in total. The van der Waals surface area contributed by atoms with Gasteiger partial charge < -0.3 is 4.74 Å². The summed E-state index contributed by atoms with van der Waals surface area (Å²) in [5.41, 5.74) is 0.711. The Morgan fingerprint density at radius 1 is 1.14 bits per heavy atom. The number of hydrogen-bond acceptors (Lipinski definition) is 5. The molecule has 0 aliphatic heterocycles. The first kappa shape index (κ1) is 17.0. The molecule has 0 spiro atoms. The second kappa shape index (κ2) is 7.74. The molecular formula is C16H22O5S. The average Bonchev–Trinajstić information content (AvgIpc) is 2.48.